The largest absolute Gasteiger partial charge is 0.441 e. The predicted molar refractivity (Wildman–Crippen MR) is 95.3 cm³/mol. The number of benzene rings is 1. The minimum Gasteiger partial charge on any atom is -0.441 e. The molecule has 130 valence electrons. The van der Waals surface area contributed by atoms with Crippen molar-refractivity contribution >= 4 is 11.8 Å². The first kappa shape index (κ1) is 16.8. The number of urea groups is 1. The van der Waals surface area contributed by atoms with Gasteiger partial charge in [-0.1, -0.05) is 18.2 Å². The molecule has 0 atom stereocenters. The summed E-state index contributed by atoms with van der Waals surface area (Å²) in [6.07, 6.45) is 0.597. The summed E-state index contributed by atoms with van der Waals surface area (Å²) in [5, 5.41) is 9.78. The zero-order valence-corrected chi connectivity index (χ0v) is 14.5. The average Bonchev–Trinajstić information content (AvgIpc) is 3.10. The summed E-state index contributed by atoms with van der Waals surface area (Å²) in [5.74, 6) is 2.02. The zero-order chi connectivity index (χ0) is 17.8. The summed E-state index contributed by atoms with van der Waals surface area (Å²) in [6.45, 7) is 4.22. The molecule has 2 amide bonds. The number of aromatic nitrogens is 3. The number of nitrogens with one attached hydrogen (secondary N) is 2. The molecule has 0 aliphatic carbocycles. The van der Waals surface area contributed by atoms with E-state index in [0.29, 0.717) is 24.7 Å². The molecule has 2 N–H and O–H groups in total. The molecule has 0 saturated heterocycles. The molecule has 7 nitrogen and oxygen atoms in total. The van der Waals surface area contributed by atoms with E-state index >= 15 is 0 Å². The van der Waals surface area contributed by atoms with Gasteiger partial charge in [0.15, 0.2) is 0 Å². The molecular formula is C18H21N5O2. The number of rotatable bonds is 5. The smallest absolute Gasteiger partial charge is 0.320 e. The second kappa shape index (κ2) is 7.21. The van der Waals surface area contributed by atoms with Crippen LogP contribution >= 0.6 is 0 Å². The lowest BCUT2D eigenvalue weighted by Crippen LogP contribution is -2.31. The second-order valence-electron chi connectivity index (χ2n) is 5.81. The number of anilines is 1. The van der Waals surface area contributed by atoms with Crippen molar-refractivity contribution in [3.8, 4) is 11.5 Å². The van der Waals surface area contributed by atoms with E-state index in [4.69, 9.17) is 4.42 Å². The van der Waals surface area contributed by atoms with Gasteiger partial charge < -0.3 is 9.73 Å². The summed E-state index contributed by atoms with van der Waals surface area (Å²) in [6, 6.07) is 11.3. The second-order valence-corrected chi connectivity index (χ2v) is 5.81. The Morgan fingerprint density at radius 3 is 2.68 bits per heavy atom. The fourth-order valence-corrected chi connectivity index (χ4v) is 2.55. The first-order valence-electron chi connectivity index (χ1n) is 8.10. The van der Waals surface area contributed by atoms with E-state index in [1.165, 1.54) is 0 Å². The molecule has 0 bridgehead atoms. The Balaban J connectivity index is 1.54. The molecule has 0 aliphatic rings. The predicted octanol–water partition coefficient (Wildman–Crippen LogP) is 3.06. The Hall–Kier alpha value is -3.09. The summed E-state index contributed by atoms with van der Waals surface area (Å²) in [7, 11) is 1.78. The van der Waals surface area contributed by atoms with Gasteiger partial charge in [-0.3, -0.25) is 10.00 Å². The van der Waals surface area contributed by atoms with Crippen molar-refractivity contribution in [1.82, 2.24) is 20.1 Å². The maximum Gasteiger partial charge on any atom is 0.320 e. The Morgan fingerprint density at radius 1 is 1.24 bits per heavy atom. The molecule has 0 saturated carbocycles. The van der Waals surface area contributed by atoms with E-state index in [0.717, 1.165) is 22.7 Å². The van der Waals surface area contributed by atoms with Gasteiger partial charge >= 0.3 is 6.03 Å². The van der Waals surface area contributed by atoms with Crippen LogP contribution in [0.3, 0.4) is 0 Å². The van der Waals surface area contributed by atoms with E-state index < -0.39 is 0 Å². The van der Waals surface area contributed by atoms with Gasteiger partial charge in [-0.15, -0.1) is 0 Å². The van der Waals surface area contributed by atoms with Crippen LogP contribution in [-0.2, 0) is 13.5 Å². The molecule has 0 radical (unpaired) electrons. The maximum absolute atomic E-state index is 12.0. The molecular weight excluding hydrogens is 318 g/mol. The van der Waals surface area contributed by atoms with Crippen LogP contribution in [0.4, 0.5) is 10.6 Å². The van der Waals surface area contributed by atoms with Gasteiger partial charge in [0.1, 0.15) is 11.6 Å². The molecule has 0 fully saturated rings. The maximum atomic E-state index is 12.0. The van der Waals surface area contributed by atoms with E-state index in [1.54, 1.807) is 11.7 Å². The Kier molecular flexibility index (Phi) is 4.83. The number of carbonyl (C=O) groups is 1. The number of hydrogen-bond acceptors (Lipinski definition) is 4. The fraction of sp³-hybridized carbons (Fsp3) is 0.278. The van der Waals surface area contributed by atoms with Gasteiger partial charge in [0.2, 0.25) is 5.89 Å². The highest BCUT2D eigenvalue weighted by atomic mass is 16.4. The van der Waals surface area contributed by atoms with Gasteiger partial charge in [-0.2, -0.15) is 5.10 Å². The third kappa shape index (κ3) is 4.06. The molecule has 7 heteroatoms. The van der Waals surface area contributed by atoms with Crippen LogP contribution in [-0.4, -0.2) is 27.3 Å². The van der Waals surface area contributed by atoms with Crippen molar-refractivity contribution in [2.24, 2.45) is 7.05 Å². The average molecular weight is 339 g/mol. The van der Waals surface area contributed by atoms with Crippen molar-refractivity contribution in [3.05, 3.63) is 53.5 Å². The number of hydrogen-bond donors (Lipinski definition) is 2. The minimum atomic E-state index is -0.271. The minimum absolute atomic E-state index is 0.271. The zero-order valence-electron chi connectivity index (χ0n) is 14.5. The van der Waals surface area contributed by atoms with Crippen molar-refractivity contribution < 1.29 is 9.21 Å². The molecule has 25 heavy (non-hydrogen) atoms. The Morgan fingerprint density at radius 2 is 2.00 bits per heavy atom. The number of aryl methyl sites for hydroxylation is 3. The molecule has 2 aromatic heterocycles. The molecule has 2 heterocycles. The highest BCUT2D eigenvalue weighted by molar-refractivity contribution is 5.88. The van der Waals surface area contributed by atoms with E-state index in [1.807, 2.05) is 50.2 Å². The van der Waals surface area contributed by atoms with Crippen molar-refractivity contribution in [1.29, 1.82) is 0 Å². The summed E-state index contributed by atoms with van der Waals surface area (Å²) in [4.78, 5) is 16.5. The fourth-order valence-electron chi connectivity index (χ4n) is 2.55. The van der Waals surface area contributed by atoms with Crippen LogP contribution in [0.15, 0.2) is 40.8 Å². The molecule has 0 unspecified atom stereocenters. The van der Waals surface area contributed by atoms with Crippen LogP contribution < -0.4 is 10.6 Å². The van der Waals surface area contributed by atoms with Gasteiger partial charge in [0.25, 0.3) is 0 Å². The molecule has 1 aromatic carbocycles. The highest BCUT2D eigenvalue weighted by Gasteiger charge is 2.12. The Labute approximate surface area is 146 Å². The lowest BCUT2D eigenvalue weighted by molar-refractivity contribution is 0.252. The van der Waals surface area contributed by atoms with E-state index in [9.17, 15) is 4.79 Å². The quantitative estimate of drug-likeness (QED) is 0.748. The van der Waals surface area contributed by atoms with Crippen molar-refractivity contribution in [2.75, 3.05) is 11.9 Å². The number of amides is 2. The third-order valence-electron chi connectivity index (χ3n) is 3.80. The lowest BCUT2D eigenvalue weighted by Gasteiger charge is -2.06. The first-order valence-corrected chi connectivity index (χ1v) is 8.10. The standard InChI is InChI=1S/C18H21N5O2/c1-12-11-16(23(3)22-12)21-18(24)19-10-9-15-13(2)25-17(20-15)14-7-5-4-6-8-14/h4-8,11H,9-10H2,1-3H3,(H2,19,21,24). The molecule has 3 aromatic rings. The number of oxazole rings is 1. The SMILES string of the molecule is Cc1cc(NC(=O)NCCc2nc(-c3ccccc3)oc2C)n(C)n1. The van der Waals surface area contributed by atoms with Crippen LogP contribution in [0.5, 0.6) is 0 Å². The van der Waals surface area contributed by atoms with Crippen LogP contribution in [0, 0.1) is 13.8 Å². The molecule has 0 spiro atoms. The number of carbonyl (C=O) groups excluding carboxylic acids is 1. The van der Waals surface area contributed by atoms with Crippen molar-refractivity contribution in [2.45, 2.75) is 20.3 Å². The van der Waals surface area contributed by atoms with Gasteiger partial charge in [-0.05, 0) is 26.0 Å². The monoisotopic (exact) mass is 339 g/mol. The van der Waals surface area contributed by atoms with Crippen LogP contribution in [0.25, 0.3) is 11.5 Å². The van der Waals surface area contributed by atoms with Gasteiger partial charge in [-0.25, -0.2) is 9.78 Å². The Bertz CT molecular complexity index is 867. The van der Waals surface area contributed by atoms with Gasteiger partial charge in [0.05, 0.1) is 11.4 Å². The van der Waals surface area contributed by atoms with Crippen LogP contribution in [0.2, 0.25) is 0 Å². The molecule has 3 rings (SSSR count). The number of nitrogens with zero attached hydrogens (tertiary/aromatic N) is 3. The normalized spacial score (nSPS) is 10.7. The van der Waals surface area contributed by atoms with E-state index in [2.05, 4.69) is 20.7 Å². The highest BCUT2D eigenvalue weighted by Crippen LogP contribution is 2.21. The first-order chi connectivity index (χ1) is 12.0. The lowest BCUT2D eigenvalue weighted by atomic mass is 10.2. The summed E-state index contributed by atoms with van der Waals surface area (Å²) < 4.78 is 7.35. The van der Waals surface area contributed by atoms with E-state index in [-0.39, 0.29) is 6.03 Å². The van der Waals surface area contributed by atoms with Gasteiger partial charge in [0, 0.05) is 31.6 Å². The topological polar surface area (TPSA) is 85.0 Å². The summed E-state index contributed by atoms with van der Waals surface area (Å²) >= 11 is 0. The third-order valence-corrected chi connectivity index (χ3v) is 3.80. The summed E-state index contributed by atoms with van der Waals surface area (Å²) in [5.41, 5.74) is 2.63. The van der Waals surface area contributed by atoms with Crippen LogP contribution in [0.1, 0.15) is 17.1 Å². The van der Waals surface area contributed by atoms with Crippen molar-refractivity contribution in [3.63, 3.8) is 0 Å². The molecule has 0 aliphatic heterocycles.